The van der Waals surface area contributed by atoms with Gasteiger partial charge in [-0.15, -0.1) is 0 Å². The summed E-state index contributed by atoms with van der Waals surface area (Å²) in [4.78, 5) is 0. The van der Waals surface area contributed by atoms with Gasteiger partial charge in [0, 0.05) is 26.3 Å². The van der Waals surface area contributed by atoms with E-state index in [0.29, 0.717) is 13.1 Å². The van der Waals surface area contributed by atoms with Crippen LogP contribution in [-0.4, -0.2) is 26.0 Å². The summed E-state index contributed by atoms with van der Waals surface area (Å²) in [6, 6.07) is 1.74. The number of alkyl halides is 2. The van der Waals surface area contributed by atoms with Crippen LogP contribution in [0.2, 0.25) is 0 Å². The SMILES string of the molecule is Cc1cnn(C)c1CNCc1ccn(CC(F)F)n1. The Balaban J connectivity index is 1.84. The molecule has 104 valence electrons. The van der Waals surface area contributed by atoms with Crippen molar-refractivity contribution in [1.29, 1.82) is 0 Å². The Kier molecular flexibility index (Phi) is 4.26. The minimum absolute atomic E-state index is 0.360. The van der Waals surface area contributed by atoms with Gasteiger partial charge in [0.15, 0.2) is 0 Å². The smallest absolute Gasteiger partial charge is 0.257 e. The van der Waals surface area contributed by atoms with E-state index in [9.17, 15) is 8.78 Å². The predicted octanol–water partition coefficient (Wildman–Crippen LogP) is 1.48. The first-order valence-electron chi connectivity index (χ1n) is 6.05. The molecule has 19 heavy (non-hydrogen) atoms. The molecule has 2 heterocycles. The Hall–Kier alpha value is -1.76. The highest BCUT2D eigenvalue weighted by Crippen LogP contribution is 2.05. The zero-order valence-corrected chi connectivity index (χ0v) is 11.0. The van der Waals surface area contributed by atoms with Gasteiger partial charge in [-0.2, -0.15) is 10.2 Å². The van der Waals surface area contributed by atoms with Crippen molar-refractivity contribution in [2.75, 3.05) is 0 Å². The summed E-state index contributed by atoms with van der Waals surface area (Å²) in [6.45, 7) is 2.85. The molecule has 0 aliphatic heterocycles. The zero-order chi connectivity index (χ0) is 13.8. The lowest BCUT2D eigenvalue weighted by Gasteiger charge is -2.05. The molecule has 0 fully saturated rings. The summed E-state index contributed by atoms with van der Waals surface area (Å²) in [7, 11) is 1.89. The second kappa shape index (κ2) is 5.92. The Labute approximate surface area is 110 Å². The Bertz CT molecular complexity index is 512. The van der Waals surface area contributed by atoms with Crippen LogP contribution in [-0.2, 0) is 26.7 Å². The molecule has 0 aliphatic carbocycles. The quantitative estimate of drug-likeness (QED) is 0.864. The first-order valence-corrected chi connectivity index (χ1v) is 6.05. The molecule has 0 atom stereocenters. The Morgan fingerprint density at radius 2 is 2.16 bits per heavy atom. The van der Waals surface area contributed by atoms with E-state index in [1.54, 1.807) is 12.3 Å². The third kappa shape index (κ3) is 3.60. The standard InChI is InChI=1S/C12H17F2N5/c1-9-5-16-18(2)11(9)7-15-6-10-3-4-19(17-10)8-12(13)14/h3-5,12,15H,6-8H2,1-2H3. The van der Waals surface area contributed by atoms with Crippen LogP contribution in [0.3, 0.4) is 0 Å². The molecule has 0 radical (unpaired) electrons. The first-order chi connectivity index (χ1) is 9.06. The molecule has 0 saturated heterocycles. The van der Waals surface area contributed by atoms with Gasteiger partial charge in [0.05, 0.1) is 17.6 Å². The van der Waals surface area contributed by atoms with Crippen LogP contribution >= 0.6 is 0 Å². The van der Waals surface area contributed by atoms with Gasteiger partial charge in [0.2, 0.25) is 0 Å². The molecule has 0 unspecified atom stereocenters. The molecule has 0 aliphatic rings. The molecule has 0 saturated carbocycles. The molecule has 5 nitrogen and oxygen atoms in total. The van der Waals surface area contributed by atoms with E-state index in [4.69, 9.17) is 0 Å². The minimum Gasteiger partial charge on any atom is -0.305 e. The summed E-state index contributed by atoms with van der Waals surface area (Å²) in [6.07, 6.45) is 1.00. The van der Waals surface area contributed by atoms with Crippen LogP contribution < -0.4 is 5.32 Å². The summed E-state index contributed by atoms with van der Waals surface area (Å²) in [5.74, 6) is 0. The largest absolute Gasteiger partial charge is 0.305 e. The zero-order valence-electron chi connectivity index (χ0n) is 11.0. The molecular weight excluding hydrogens is 252 g/mol. The fourth-order valence-electron chi connectivity index (χ4n) is 1.88. The average molecular weight is 269 g/mol. The van der Waals surface area contributed by atoms with Crippen molar-refractivity contribution in [3.63, 3.8) is 0 Å². The third-order valence-electron chi connectivity index (χ3n) is 2.89. The predicted molar refractivity (Wildman–Crippen MR) is 66.7 cm³/mol. The van der Waals surface area contributed by atoms with Crippen LogP contribution in [0.1, 0.15) is 17.0 Å². The number of hydrogen-bond acceptors (Lipinski definition) is 3. The van der Waals surface area contributed by atoms with Crippen molar-refractivity contribution in [3.8, 4) is 0 Å². The lowest BCUT2D eigenvalue weighted by Crippen LogP contribution is -2.17. The molecule has 2 aromatic heterocycles. The topological polar surface area (TPSA) is 47.7 Å². The number of nitrogens with one attached hydrogen (secondary N) is 1. The van der Waals surface area contributed by atoms with E-state index in [1.165, 1.54) is 4.68 Å². The van der Waals surface area contributed by atoms with Gasteiger partial charge in [-0.1, -0.05) is 0 Å². The number of aromatic nitrogens is 4. The van der Waals surface area contributed by atoms with Crippen LogP contribution in [0.15, 0.2) is 18.5 Å². The van der Waals surface area contributed by atoms with Gasteiger partial charge in [-0.25, -0.2) is 8.78 Å². The van der Waals surface area contributed by atoms with E-state index in [2.05, 4.69) is 15.5 Å². The number of halogens is 2. The number of aryl methyl sites for hydroxylation is 2. The minimum atomic E-state index is -2.38. The van der Waals surface area contributed by atoms with Crippen LogP contribution in [0.5, 0.6) is 0 Å². The highest BCUT2D eigenvalue weighted by Gasteiger charge is 2.07. The number of rotatable bonds is 6. The molecule has 7 heteroatoms. The van der Waals surface area contributed by atoms with Gasteiger partial charge in [-0.3, -0.25) is 9.36 Å². The molecule has 0 aromatic carbocycles. The molecule has 0 bridgehead atoms. The lowest BCUT2D eigenvalue weighted by molar-refractivity contribution is 0.121. The molecule has 2 aromatic rings. The summed E-state index contributed by atoms with van der Waals surface area (Å²) in [5, 5.41) is 11.4. The van der Waals surface area contributed by atoms with Crippen molar-refractivity contribution in [3.05, 3.63) is 35.4 Å². The van der Waals surface area contributed by atoms with Gasteiger partial charge >= 0.3 is 0 Å². The fraction of sp³-hybridized carbons (Fsp3) is 0.500. The van der Waals surface area contributed by atoms with Crippen LogP contribution in [0.4, 0.5) is 8.78 Å². The van der Waals surface area contributed by atoms with Crippen molar-refractivity contribution in [2.24, 2.45) is 7.05 Å². The molecular formula is C12H17F2N5. The van der Waals surface area contributed by atoms with E-state index in [0.717, 1.165) is 17.0 Å². The summed E-state index contributed by atoms with van der Waals surface area (Å²) in [5.41, 5.74) is 2.98. The fourth-order valence-corrected chi connectivity index (χ4v) is 1.88. The van der Waals surface area contributed by atoms with Gasteiger partial charge in [0.25, 0.3) is 6.43 Å². The second-order valence-electron chi connectivity index (χ2n) is 4.42. The van der Waals surface area contributed by atoms with Crippen LogP contribution in [0, 0.1) is 6.92 Å². The van der Waals surface area contributed by atoms with Gasteiger partial charge < -0.3 is 5.32 Å². The molecule has 0 spiro atoms. The summed E-state index contributed by atoms with van der Waals surface area (Å²) >= 11 is 0. The van der Waals surface area contributed by atoms with E-state index < -0.39 is 6.43 Å². The summed E-state index contributed by atoms with van der Waals surface area (Å²) < 4.78 is 27.4. The molecule has 2 rings (SSSR count). The molecule has 0 amide bonds. The second-order valence-corrected chi connectivity index (χ2v) is 4.42. The van der Waals surface area contributed by atoms with Crippen molar-refractivity contribution < 1.29 is 8.78 Å². The first kappa shape index (κ1) is 13.7. The van der Waals surface area contributed by atoms with Gasteiger partial charge in [0.1, 0.15) is 6.54 Å². The maximum atomic E-state index is 12.2. The van der Waals surface area contributed by atoms with Crippen molar-refractivity contribution in [1.82, 2.24) is 24.9 Å². The number of hydrogen-bond donors (Lipinski definition) is 1. The Morgan fingerprint density at radius 1 is 1.37 bits per heavy atom. The van der Waals surface area contributed by atoms with Crippen LogP contribution in [0.25, 0.3) is 0 Å². The maximum absolute atomic E-state index is 12.2. The normalized spacial score (nSPS) is 11.4. The van der Waals surface area contributed by atoms with E-state index in [1.807, 2.05) is 24.9 Å². The van der Waals surface area contributed by atoms with E-state index >= 15 is 0 Å². The highest BCUT2D eigenvalue weighted by molar-refractivity contribution is 5.15. The maximum Gasteiger partial charge on any atom is 0.257 e. The lowest BCUT2D eigenvalue weighted by atomic mass is 10.2. The van der Waals surface area contributed by atoms with E-state index in [-0.39, 0.29) is 6.54 Å². The van der Waals surface area contributed by atoms with Gasteiger partial charge in [-0.05, 0) is 18.6 Å². The molecule has 1 N–H and O–H groups in total. The number of nitrogens with zero attached hydrogens (tertiary/aromatic N) is 4. The highest BCUT2D eigenvalue weighted by atomic mass is 19.3. The van der Waals surface area contributed by atoms with Crippen molar-refractivity contribution in [2.45, 2.75) is 33.0 Å². The third-order valence-corrected chi connectivity index (χ3v) is 2.89. The monoisotopic (exact) mass is 269 g/mol. The van der Waals surface area contributed by atoms with Crippen molar-refractivity contribution >= 4 is 0 Å². The Morgan fingerprint density at radius 3 is 2.79 bits per heavy atom. The average Bonchev–Trinajstić information content (AvgIpc) is 2.89.